The van der Waals surface area contributed by atoms with E-state index in [1.165, 1.54) is 0 Å². The predicted octanol–water partition coefficient (Wildman–Crippen LogP) is 0.435. The molecule has 0 aromatic heterocycles. The summed E-state index contributed by atoms with van der Waals surface area (Å²) in [6.07, 6.45) is 0.229. The van der Waals surface area contributed by atoms with Crippen molar-refractivity contribution in [1.29, 1.82) is 0 Å². The Morgan fingerprint density at radius 1 is 1.75 bits per heavy atom. The van der Waals surface area contributed by atoms with E-state index in [0.717, 1.165) is 6.54 Å². The zero-order valence-corrected chi connectivity index (χ0v) is 7.83. The Bertz CT molecular complexity index is 170. The van der Waals surface area contributed by atoms with Crippen LogP contribution in [-0.4, -0.2) is 43.3 Å². The first-order valence-corrected chi connectivity index (χ1v) is 4.23. The van der Waals surface area contributed by atoms with Gasteiger partial charge in [-0.05, 0) is 13.8 Å². The van der Waals surface area contributed by atoms with Gasteiger partial charge in [0.15, 0.2) is 0 Å². The Kier molecular flexibility index (Phi) is 2.92. The van der Waals surface area contributed by atoms with Crippen LogP contribution < -0.4 is 5.32 Å². The molecule has 0 radical (unpaired) electrons. The fourth-order valence-electron chi connectivity index (χ4n) is 1.15. The maximum absolute atomic E-state index is 11.0. The first kappa shape index (κ1) is 9.32. The van der Waals surface area contributed by atoms with Crippen molar-refractivity contribution in [2.75, 3.05) is 20.2 Å². The fraction of sp³-hybridized carbons (Fsp3) is 0.875. The van der Waals surface area contributed by atoms with Crippen molar-refractivity contribution in [2.24, 2.45) is 0 Å². The van der Waals surface area contributed by atoms with Gasteiger partial charge in [0.05, 0.1) is 18.8 Å². The maximum atomic E-state index is 11.0. The molecule has 1 aliphatic heterocycles. The molecule has 1 aliphatic rings. The van der Waals surface area contributed by atoms with Gasteiger partial charge in [0.25, 0.3) is 0 Å². The molecule has 1 fully saturated rings. The van der Waals surface area contributed by atoms with Gasteiger partial charge in [-0.1, -0.05) is 0 Å². The van der Waals surface area contributed by atoms with Gasteiger partial charge in [0, 0.05) is 13.6 Å². The Morgan fingerprint density at radius 2 is 2.42 bits per heavy atom. The van der Waals surface area contributed by atoms with E-state index in [1.54, 1.807) is 11.9 Å². The zero-order chi connectivity index (χ0) is 9.14. The molecule has 2 amide bonds. The summed E-state index contributed by atoms with van der Waals surface area (Å²) in [6, 6.07) is 0.150. The van der Waals surface area contributed by atoms with Gasteiger partial charge in [-0.3, -0.25) is 0 Å². The van der Waals surface area contributed by atoms with Gasteiger partial charge in [-0.2, -0.15) is 0 Å². The normalized spacial score (nSPS) is 23.5. The SMILES string of the molecule is CC(C)OC[C@H]1CN(C)C(=O)N1. The summed E-state index contributed by atoms with van der Waals surface area (Å²) in [5.41, 5.74) is 0. The lowest BCUT2D eigenvalue weighted by Crippen LogP contribution is -2.31. The molecule has 0 aromatic rings. The van der Waals surface area contributed by atoms with Crippen LogP contribution in [0.3, 0.4) is 0 Å². The first-order valence-electron chi connectivity index (χ1n) is 4.23. The summed E-state index contributed by atoms with van der Waals surface area (Å²) in [4.78, 5) is 12.6. The van der Waals surface area contributed by atoms with Crippen molar-refractivity contribution in [3.63, 3.8) is 0 Å². The number of rotatable bonds is 3. The quantitative estimate of drug-likeness (QED) is 0.671. The predicted molar refractivity (Wildman–Crippen MR) is 46.0 cm³/mol. The second kappa shape index (κ2) is 3.76. The van der Waals surface area contributed by atoms with E-state index in [9.17, 15) is 4.79 Å². The highest BCUT2D eigenvalue weighted by Crippen LogP contribution is 2.02. The highest BCUT2D eigenvalue weighted by molar-refractivity contribution is 5.76. The van der Waals surface area contributed by atoms with Crippen LogP contribution in [0.25, 0.3) is 0 Å². The Labute approximate surface area is 72.9 Å². The van der Waals surface area contributed by atoms with Crippen LogP contribution >= 0.6 is 0 Å². The molecular weight excluding hydrogens is 156 g/mol. The number of ether oxygens (including phenoxy) is 1. The van der Waals surface area contributed by atoms with Gasteiger partial charge < -0.3 is 15.0 Å². The fourth-order valence-corrected chi connectivity index (χ4v) is 1.15. The Hall–Kier alpha value is -0.770. The highest BCUT2D eigenvalue weighted by atomic mass is 16.5. The lowest BCUT2D eigenvalue weighted by Gasteiger charge is -2.12. The van der Waals surface area contributed by atoms with Crippen molar-refractivity contribution in [2.45, 2.75) is 26.0 Å². The second-order valence-electron chi connectivity index (χ2n) is 3.41. The average molecular weight is 172 g/mol. The van der Waals surface area contributed by atoms with Gasteiger partial charge in [0.1, 0.15) is 0 Å². The molecular formula is C8H16N2O2. The van der Waals surface area contributed by atoms with E-state index < -0.39 is 0 Å². The van der Waals surface area contributed by atoms with Crippen molar-refractivity contribution >= 4 is 6.03 Å². The molecule has 1 heterocycles. The highest BCUT2D eigenvalue weighted by Gasteiger charge is 2.25. The molecule has 4 heteroatoms. The van der Waals surface area contributed by atoms with E-state index in [4.69, 9.17) is 4.74 Å². The molecule has 0 bridgehead atoms. The first-order chi connectivity index (χ1) is 5.59. The molecule has 12 heavy (non-hydrogen) atoms. The summed E-state index contributed by atoms with van der Waals surface area (Å²) >= 11 is 0. The number of urea groups is 1. The number of carbonyl (C=O) groups is 1. The van der Waals surface area contributed by atoms with Crippen LogP contribution in [0, 0.1) is 0 Å². The molecule has 0 saturated carbocycles. The molecule has 0 spiro atoms. The van der Waals surface area contributed by atoms with E-state index in [0.29, 0.717) is 6.61 Å². The number of nitrogens with zero attached hydrogens (tertiary/aromatic N) is 1. The molecule has 1 atom stereocenters. The van der Waals surface area contributed by atoms with Crippen LogP contribution in [0.4, 0.5) is 4.79 Å². The van der Waals surface area contributed by atoms with Crippen LogP contribution in [0.15, 0.2) is 0 Å². The summed E-state index contributed by atoms with van der Waals surface area (Å²) < 4.78 is 5.38. The summed E-state index contributed by atoms with van der Waals surface area (Å²) in [6.45, 7) is 5.32. The second-order valence-corrected chi connectivity index (χ2v) is 3.41. The van der Waals surface area contributed by atoms with Crippen molar-refractivity contribution in [3.05, 3.63) is 0 Å². The van der Waals surface area contributed by atoms with Crippen LogP contribution in [0.2, 0.25) is 0 Å². The van der Waals surface area contributed by atoms with Crippen LogP contribution in [-0.2, 0) is 4.74 Å². The van der Waals surface area contributed by atoms with Crippen LogP contribution in [0.1, 0.15) is 13.8 Å². The third kappa shape index (κ3) is 2.37. The lowest BCUT2D eigenvalue weighted by atomic mass is 10.3. The van der Waals surface area contributed by atoms with Crippen molar-refractivity contribution in [3.8, 4) is 0 Å². The number of nitrogens with one attached hydrogen (secondary N) is 1. The largest absolute Gasteiger partial charge is 0.377 e. The van der Waals surface area contributed by atoms with Crippen molar-refractivity contribution < 1.29 is 9.53 Å². The van der Waals surface area contributed by atoms with E-state index in [-0.39, 0.29) is 18.2 Å². The topological polar surface area (TPSA) is 41.6 Å². The molecule has 4 nitrogen and oxygen atoms in total. The number of likely N-dealkylation sites (N-methyl/N-ethyl adjacent to an activating group) is 1. The average Bonchev–Trinajstić information content (AvgIpc) is 2.28. The molecule has 1 N–H and O–H groups in total. The van der Waals surface area contributed by atoms with Gasteiger partial charge in [-0.15, -0.1) is 0 Å². The van der Waals surface area contributed by atoms with E-state index >= 15 is 0 Å². The van der Waals surface area contributed by atoms with E-state index in [2.05, 4.69) is 5.32 Å². The minimum atomic E-state index is -0.00708. The Balaban J connectivity index is 2.23. The minimum absolute atomic E-state index is 0.00708. The Morgan fingerprint density at radius 3 is 2.83 bits per heavy atom. The molecule has 0 aliphatic carbocycles. The molecule has 70 valence electrons. The maximum Gasteiger partial charge on any atom is 0.317 e. The lowest BCUT2D eigenvalue weighted by molar-refractivity contribution is 0.0660. The van der Waals surface area contributed by atoms with Gasteiger partial charge >= 0.3 is 6.03 Å². The number of hydrogen-bond acceptors (Lipinski definition) is 2. The summed E-state index contributed by atoms with van der Waals surface area (Å²) in [5, 5.41) is 2.82. The summed E-state index contributed by atoms with van der Waals surface area (Å²) in [5.74, 6) is 0. The molecule has 1 rings (SSSR count). The van der Waals surface area contributed by atoms with Crippen molar-refractivity contribution in [1.82, 2.24) is 10.2 Å². The minimum Gasteiger partial charge on any atom is -0.377 e. The third-order valence-electron chi connectivity index (χ3n) is 1.80. The van der Waals surface area contributed by atoms with Gasteiger partial charge in [-0.25, -0.2) is 4.79 Å². The van der Waals surface area contributed by atoms with Crippen LogP contribution in [0.5, 0.6) is 0 Å². The number of hydrogen-bond donors (Lipinski definition) is 1. The number of carbonyl (C=O) groups excluding carboxylic acids is 1. The third-order valence-corrected chi connectivity index (χ3v) is 1.80. The number of amides is 2. The van der Waals surface area contributed by atoms with E-state index in [1.807, 2.05) is 13.8 Å². The molecule has 0 unspecified atom stereocenters. The zero-order valence-electron chi connectivity index (χ0n) is 7.83. The molecule has 0 aromatic carbocycles. The van der Waals surface area contributed by atoms with Gasteiger partial charge in [0.2, 0.25) is 0 Å². The summed E-state index contributed by atoms with van der Waals surface area (Å²) in [7, 11) is 1.78. The molecule has 1 saturated heterocycles. The monoisotopic (exact) mass is 172 g/mol. The standard InChI is InChI=1S/C8H16N2O2/c1-6(2)12-5-7-4-10(3)8(11)9-7/h6-7H,4-5H2,1-3H3,(H,9,11)/t7-/m1/s1. The smallest absolute Gasteiger partial charge is 0.317 e.